The molecule has 2 aliphatic rings. The van der Waals surface area contributed by atoms with Crippen molar-refractivity contribution in [3.05, 3.63) is 58.0 Å². The Morgan fingerprint density at radius 2 is 1.70 bits per heavy atom. The van der Waals surface area contributed by atoms with Crippen LogP contribution in [0.25, 0.3) is 0 Å². The normalized spacial score (nSPS) is 19.2. The van der Waals surface area contributed by atoms with Crippen LogP contribution in [0.5, 0.6) is 0 Å². The summed E-state index contributed by atoms with van der Waals surface area (Å²) in [6, 6.07) is 0. The Kier molecular flexibility index (Phi) is 6.49. The van der Waals surface area contributed by atoms with Crippen LogP contribution in [0.1, 0.15) is 47.1 Å². The van der Waals surface area contributed by atoms with E-state index in [1.54, 1.807) is 5.57 Å². The molecule has 2 aliphatic carbocycles. The zero-order chi connectivity index (χ0) is 14.0. The fourth-order valence-corrected chi connectivity index (χ4v) is 3.07. The van der Waals surface area contributed by atoms with E-state index in [-0.39, 0.29) is 21.7 Å². The van der Waals surface area contributed by atoms with Crippen LogP contribution in [0, 0.1) is 47.0 Å². The van der Waals surface area contributed by atoms with Crippen LogP contribution < -0.4 is 0 Å². The van der Waals surface area contributed by atoms with Crippen LogP contribution in [0.2, 0.25) is 0 Å². The van der Waals surface area contributed by atoms with Gasteiger partial charge in [0, 0.05) is 0 Å². The predicted molar refractivity (Wildman–Crippen MR) is 84.6 cm³/mol. The zero-order valence-corrected chi connectivity index (χ0v) is 15.1. The van der Waals surface area contributed by atoms with Gasteiger partial charge in [0.25, 0.3) is 0 Å². The first-order valence-electron chi connectivity index (χ1n) is 7.42. The summed E-state index contributed by atoms with van der Waals surface area (Å²) < 4.78 is 0. The summed E-state index contributed by atoms with van der Waals surface area (Å²) in [7, 11) is 0. The van der Waals surface area contributed by atoms with Crippen molar-refractivity contribution in [1.82, 2.24) is 0 Å². The van der Waals surface area contributed by atoms with E-state index in [0.29, 0.717) is 0 Å². The Morgan fingerprint density at radius 3 is 2.15 bits per heavy atom. The molecule has 0 spiro atoms. The molecule has 1 heteroatoms. The molecule has 0 heterocycles. The number of hydrogen-bond acceptors (Lipinski definition) is 0. The van der Waals surface area contributed by atoms with Gasteiger partial charge in [0.05, 0.1) is 0 Å². The summed E-state index contributed by atoms with van der Waals surface area (Å²) >= 11 is 0. The third-order valence-electron chi connectivity index (χ3n) is 5.02. The van der Waals surface area contributed by atoms with E-state index in [1.807, 2.05) is 0 Å². The Hall–Kier alpha value is -0.586. The van der Waals surface area contributed by atoms with Gasteiger partial charge in [-0.15, -0.1) is 18.6 Å². The van der Waals surface area contributed by atoms with Gasteiger partial charge in [-0.1, -0.05) is 41.0 Å². The van der Waals surface area contributed by atoms with Crippen LogP contribution in [0.4, 0.5) is 0 Å². The zero-order valence-electron chi connectivity index (χ0n) is 13.5. The molecule has 3 rings (SSSR count). The van der Waals surface area contributed by atoms with E-state index in [4.69, 9.17) is 0 Å². The van der Waals surface area contributed by atoms with E-state index in [2.05, 4.69) is 59.3 Å². The van der Waals surface area contributed by atoms with E-state index < -0.39 is 0 Å². The molecule has 20 heavy (non-hydrogen) atoms. The van der Waals surface area contributed by atoms with Crippen molar-refractivity contribution in [3.8, 4) is 0 Å². The van der Waals surface area contributed by atoms with Gasteiger partial charge in [0.2, 0.25) is 0 Å². The van der Waals surface area contributed by atoms with Crippen LogP contribution in [-0.2, 0) is 21.7 Å². The second kappa shape index (κ2) is 7.43. The van der Waals surface area contributed by atoms with Gasteiger partial charge in [-0.3, -0.25) is 0 Å². The van der Waals surface area contributed by atoms with E-state index in [9.17, 15) is 0 Å². The monoisotopic (exact) mass is 302 g/mol. The van der Waals surface area contributed by atoms with Gasteiger partial charge in [0.15, 0.2) is 0 Å². The van der Waals surface area contributed by atoms with E-state index in [1.165, 1.54) is 47.1 Å². The molecule has 0 aliphatic heterocycles. The van der Waals surface area contributed by atoms with Crippen molar-refractivity contribution in [2.24, 2.45) is 5.92 Å². The number of fused-ring (bicyclic) bond motifs is 1. The summed E-state index contributed by atoms with van der Waals surface area (Å²) in [5, 5.41) is 0. The molecule has 1 atom stereocenters. The van der Waals surface area contributed by atoms with E-state index >= 15 is 0 Å². The van der Waals surface area contributed by atoms with Gasteiger partial charge in [-0.25, -0.2) is 18.1 Å². The van der Waals surface area contributed by atoms with E-state index in [0.717, 1.165) is 5.92 Å². The molecule has 0 aromatic heterocycles. The molecular formula is C19H26Ti. The topological polar surface area (TPSA) is 0 Å². The van der Waals surface area contributed by atoms with Gasteiger partial charge in [-0.2, -0.15) is 27.8 Å². The fourth-order valence-electron chi connectivity index (χ4n) is 3.07. The maximum Gasteiger partial charge on any atom is 2.00 e. The van der Waals surface area contributed by atoms with Crippen molar-refractivity contribution >= 4 is 0 Å². The summed E-state index contributed by atoms with van der Waals surface area (Å²) in [6.07, 6.45) is 13.0. The quantitative estimate of drug-likeness (QED) is 0.442. The molecule has 1 fully saturated rings. The van der Waals surface area contributed by atoms with Gasteiger partial charge in [0.1, 0.15) is 0 Å². The molecule has 106 valence electrons. The average molecular weight is 302 g/mol. The smallest absolute Gasteiger partial charge is 0.227 e. The van der Waals surface area contributed by atoms with Gasteiger partial charge < -0.3 is 0 Å². The first-order chi connectivity index (χ1) is 9.02. The average Bonchev–Trinajstić information content (AvgIpc) is 2.97. The van der Waals surface area contributed by atoms with Gasteiger partial charge in [-0.05, 0) is 12.3 Å². The Morgan fingerprint density at radius 1 is 1.10 bits per heavy atom. The van der Waals surface area contributed by atoms with Crippen molar-refractivity contribution in [2.75, 3.05) is 0 Å². The minimum atomic E-state index is 0. The molecule has 1 saturated carbocycles. The summed E-state index contributed by atoms with van der Waals surface area (Å²) in [5.74, 6) is 0.884. The minimum Gasteiger partial charge on any atom is -0.227 e. The Labute approximate surface area is 139 Å². The Balaban J connectivity index is 0.000000191. The summed E-state index contributed by atoms with van der Waals surface area (Å²) in [5.41, 5.74) is 8.92. The first kappa shape index (κ1) is 17.5. The number of allylic oxidation sites excluding steroid dienone is 4. The number of rotatable bonds is 0. The molecular weight excluding hydrogens is 276 g/mol. The van der Waals surface area contributed by atoms with Crippen LogP contribution in [0.3, 0.4) is 0 Å². The molecule has 0 saturated heterocycles. The maximum atomic E-state index is 2.37. The SMILES string of the molecule is C1=CCC2CC[CH-]C2=C1.Cc1c(C)c(C)[c-](C)c1C.[Ti+2]. The Bertz CT molecular complexity index is 434. The van der Waals surface area contributed by atoms with Crippen LogP contribution >= 0.6 is 0 Å². The second-order valence-corrected chi connectivity index (χ2v) is 5.93. The van der Waals surface area contributed by atoms with Crippen molar-refractivity contribution < 1.29 is 21.7 Å². The molecule has 0 nitrogen and oxygen atoms in total. The molecule has 0 N–H and O–H groups in total. The van der Waals surface area contributed by atoms with Crippen LogP contribution in [-0.4, -0.2) is 0 Å². The summed E-state index contributed by atoms with van der Waals surface area (Å²) in [6.45, 7) is 11.0. The molecule has 1 aromatic rings. The maximum absolute atomic E-state index is 2.37. The molecule has 1 unspecified atom stereocenters. The van der Waals surface area contributed by atoms with Crippen molar-refractivity contribution in [3.63, 3.8) is 0 Å². The predicted octanol–water partition coefficient (Wildman–Crippen LogP) is 5.43. The third kappa shape index (κ3) is 3.54. The molecule has 1 aromatic carbocycles. The van der Waals surface area contributed by atoms with Crippen molar-refractivity contribution in [1.29, 1.82) is 0 Å². The molecule has 0 amide bonds. The standard InChI is InChI=1S/C10H15.C9H11.Ti/c1-6-7(2)9(4)10(5)8(6)3;1-2-5-9-7-3-6-8(9)4-1;/h1-5H3;1-2,4,6,9H,3,5,7H2;/q2*-1;+2. The van der Waals surface area contributed by atoms with Crippen molar-refractivity contribution in [2.45, 2.75) is 53.9 Å². The molecule has 0 bridgehead atoms. The number of hydrogen-bond donors (Lipinski definition) is 0. The van der Waals surface area contributed by atoms with Crippen LogP contribution in [0.15, 0.2) is 23.8 Å². The fraction of sp³-hybridized carbons (Fsp3) is 0.474. The molecule has 0 radical (unpaired) electrons. The second-order valence-electron chi connectivity index (χ2n) is 5.93. The third-order valence-corrected chi connectivity index (χ3v) is 5.02. The summed E-state index contributed by atoms with van der Waals surface area (Å²) in [4.78, 5) is 0. The first-order valence-corrected chi connectivity index (χ1v) is 7.42. The van der Waals surface area contributed by atoms with Gasteiger partial charge >= 0.3 is 21.7 Å². The minimum absolute atomic E-state index is 0. The largest absolute Gasteiger partial charge is 2.00 e.